The van der Waals surface area contributed by atoms with Crippen molar-refractivity contribution in [1.29, 1.82) is 0 Å². The van der Waals surface area contributed by atoms with Crippen molar-refractivity contribution in [2.75, 3.05) is 0 Å². The van der Waals surface area contributed by atoms with E-state index in [4.69, 9.17) is 4.52 Å². The van der Waals surface area contributed by atoms with E-state index in [9.17, 15) is 26.3 Å². The first kappa shape index (κ1) is 21.4. The predicted octanol–water partition coefficient (Wildman–Crippen LogP) is 6.99. The summed E-state index contributed by atoms with van der Waals surface area (Å²) in [4.78, 5) is 4.03. The summed E-state index contributed by atoms with van der Waals surface area (Å²) in [6.07, 6.45) is -9.52. The van der Waals surface area contributed by atoms with Gasteiger partial charge in [-0.15, -0.1) is 13.2 Å². The number of halogens is 6. The third kappa shape index (κ3) is 4.74. The van der Waals surface area contributed by atoms with Crippen LogP contribution in [0.3, 0.4) is 0 Å². The summed E-state index contributed by atoms with van der Waals surface area (Å²) in [5, 5.41) is 3.67. The molecular formula is C22H12F6N2O2. The molecule has 4 aromatic rings. The number of alkyl halides is 6. The zero-order valence-electron chi connectivity index (χ0n) is 15.9. The molecule has 0 amide bonds. The minimum absolute atomic E-state index is 0.0125. The maximum absolute atomic E-state index is 13.7. The van der Waals surface area contributed by atoms with E-state index in [0.717, 1.165) is 18.2 Å². The minimum atomic E-state index is -4.88. The molecule has 0 spiro atoms. The zero-order chi connectivity index (χ0) is 22.9. The Morgan fingerprint density at radius 2 is 1.44 bits per heavy atom. The van der Waals surface area contributed by atoms with Crippen LogP contribution < -0.4 is 4.74 Å². The first-order valence-corrected chi connectivity index (χ1v) is 9.07. The summed E-state index contributed by atoms with van der Waals surface area (Å²) in [6, 6.07) is 16.5. The number of hydrogen-bond acceptors (Lipinski definition) is 4. The Balaban J connectivity index is 1.70. The molecule has 0 unspecified atom stereocenters. The van der Waals surface area contributed by atoms with Gasteiger partial charge in [0.2, 0.25) is 5.82 Å². The van der Waals surface area contributed by atoms with E-state index in [2.05, 4.69) is 14.9 Å². The van der Waals surface area contributed by atoms with Gasteiger partial charge in [-0.05, 0) is 35.4 Å². The Morgan fingerprint density at radius 1 is 0.719 bits per heavy atom. The molecule has 32 heavy (non-hydrogen) atoms. The molecule has 10 heteroatoms. The summed E-state index contributed by atoms with van der Waals surface area (Å²) in [6.45, 7) is 0. The van der Waals surface area contributed by atoms with E-state index in [-0.39, 0.29) is 28.4 Å². The summed E-state index contributed by atoms with van der Waals surface area (Å²) < 4.78 is 87.3. The van der Waals surface area contributed by atoms with E-state index >= 15 is 0 Å². The number of aromatic nitrogens is 2. The van der Waals surface area contributed by atoms with Crippen LogP contribution in [0.5, 0.6) is 5.75 Å². The quantitative estimate of drug-likeness (QED) is 0.315. The van der Waals surface area contributed by atoms with Crippen molar-refractivity contribution >= 4 is 0 Å². The molecule has 0 aliphatic rings. The van der Waals surface area contributed by atoms with E-state index in [1.165, 1.54) is 24.3 Å². The lowest BCUT2D eigenvalue weighted by Gasteiger charge is -2.14. The molecule has 164 valence electrons. The Morgan fingerprint density at radius 3 is 2.12 bits per heavy atom. The lowest BCUT2D eigenvalue weighted by Crippen LogP contribution is -2.17. The summed E-state index contributed by atoms with van der Waals surface area (Å²) in [5.74, 6) is -0.812. The van der Waals surface area contributed by atoms with E-state index in [0.29, 0.717) is 5.56 Å². The topological polar surface area (TPSA) is 48.2 Å². The average molecular weight is 450 g/mol. The fourth-order valence-corrected chi connectivity index (χ4v) is 3.07. The Labute approximate surface area is 177 Å². The van der Waals surface area contributed by atoms with Gasteiger partial charge in [-0.25, -0.2) is 0 Å². The highest BCUT2D eigenvalue weighted by Gasteiger charge is 2.34. The van der Waals surface area contributed by atoms with E-state index < -0.39 is 23.9 Å². The minimum Gasteiger partial charge on any atom is -0.406 e. The molecule has 0 N–H and O–H groups in total. The van der Waals surface area contributed by atoms with Crippen LogP contribution >= 0.6 is 0 Å². The third-order valence-electron chi connectivity index (χ3n) is 4.41. The highest BCUT2D eigenvalue weighted by atomic mass is 19.4. The fraction of sp³-hybridized carbons (Fsp3) is 0.0909. The lowest BCUT2D eigenvalue weighted by atomic mass is 9.97. The van der Waals surface area contributed by atoms with Crippen molar-refractivity contribution < 1.29 is 35.6 Å². The number of rotatable bonds is 4. The summed E-state index contributed by atoms with van der Waals surface area (Å²) >= 11 is 0. The van der Waals surface area contributed by atoms with Gasteiger partial charge in [0.1, 0.15) is 5.75 Å². The molecule has 0 bridgehead atoms. The Bertz CT molecular complexity index is 1230. The van der Waals surface area contributed by atoms with Crippen molar-refractivity contribution in [3.8, 4) is 39.7 Å². The molecule has 0 aliphatic heterocycles. The Kier molecular flexibility index (Phi) is 5.37. The molecular weight excluding hydrogens is 438 g/mol. The van der Waals surface area contributed by atoms with Crippen molar-refractivity contribution in [2.24, 2.45) is 0 Å². The van der Waals surface area contributed by atoms with Gasteiger partial charge in [-0.1, -0.05) is 53.7 Å². The molecule has 0 saturated heterocycles. The molecule has 1 heterocycles. The normalized spacial score (nSPS) is 12.1. The molecule has 0 radical (unpaired) electrons. The SMILES string of the molecule is FC(F)(F)Oc1cccc(-c2noc(-c3ccc(-c4ccccc4)c(C(F)(F)F)c3)n2)c1. The van der Waals surface area contributed by atoms with E-state index in [1.807, 2.05) is 0 Å². The van der Waals surface area contributed by atoms with Crippen molar-refractivity contribution in [3.05, 3.63) is 78.4 Å². The van der Waals surface area contributed by atoms with Gasteiger partial charge in [-0.3, -0.25) is 0 Å². The van der Waals surface area contributed by atoms with Crippen LogP contribution in [-0.4, -0.2) is 16.5 Å². The van der Waals surface area contributed by atoms with Crippen LogP contribution in [0, 0.1) is 0 Å². The molecule has 0 saturated carbocycles. The molecule has 0 fully saturated rings. The molecule has 1 aromatic heterocycles. The summed E-state index contributed by atoms with van der Waals surface area (Å²) in [7, 11) is 0. The standard InChI is InChI=1S/C22H12F6N2O2/c23-21(24,25)18-12-15(9-10-17(18)13-5-2-1-3-6-13)20-29-19(30-32-20)14-7-4-8-16(11-14)31-22(26,27)28/h1-12H. The molecule has 3 aromatic carbocycles. The van der Waals surface area contributed by atoms with E-state index in [1.54, 1.807) is 30.3 Å². The second-order valence-corrected chi connectivity index (χ2v) is 6.62. The molecule has 0 aliphatic carbocycles. The van der Waals surface area contributed by atoms with Crippen LogP contribution in [0.15, 0.2) is 77.3 Å². The van der Waals surface area contributed by atoms with Crippen LogP contribution in [0.25, 0.3) is 34.0 Å². The number of ether oxygens (including phenoxy) is 1. The highest BCUT2D eigenvalue weighted by Crippen LogP contribution is 2.39. The van der Waals surface area contributed by atoms with Crippen LogP contribution in [0.4, 0.5) is 26.3 Å². The second kappa shape index (κ2) is 8.03. The van der Waals surface area contributed by atoms with Gasteiger partial charge >= 0.3 is 12.5 Å². The third-order valence-corrected chi connectivity index (χ3v) is 4.41. The fourth-order valence-electron chi connectivity index (χ4n) is 3.07. The van der Waals surface area contributed by atoms with Gasteiger partial charge in [0, 0.05) is 11.1 Å². The van der Waals surface area contributed by atoms with Crippen LogP contribution in [-0.2, 0) is 6.18 Å². The number of hydrogen-bond donors (Lipinski definition) is 0. The lowest BCUT2D eigenvalue weighted by molar-refractivity contribution is -0.274. The van der Waals surface area contributed by atoms with Gasteiger partial charge in [-0.2, -0.15) is 18.2 Å². The maximum Gasteiger partial charge on any atom is 0.573 e. The van der Waals surface area contributed by atoms with Crippen molar-refractivity contribution in [2.45, 2.75) is 12.5 Å². The monoisotopic (exact) mass is 450 g/mol. The highest BCUT2D eigenvalue weighted by molar-refractivity contribution is 5.72. The smallest absolute Gasteiger partial charge is 0.406 e. The summed E-state index contributed by atoms with van der Waals surface area (Å²) in [5.41, 5.74) is -0.365. The zero-order valence-corrected chi connectivity index (χ0v) is 15.9. The first-order valence-electron chi connectivity index (χ1n) is 9.07. The van der Waals surface area contributed by atoms with Gasteiger partial charge in [0.25, 0.3) is 5.89 Å². The van der Waals surface area contributed by atoms with Crippen LogP contribution in [0.2, 0.25) is 0 Å². The van der Waals surface area contributed by atoms with Crippen molar-refractivity contribution in [1.82, 2.24) is 10.1 Å². The van der Waals surface area contributed by atoms with Gasteiger partial charge in [0.15, 0.2) is 0 Å². The molecule has 4 rings (SSSR count). The first-order chi connectivity index (χ1) is 15.1. The predicted molar refractivity (Wildman–Crippen MR) is 102 cm³/mol. The molecule has 4 nitrogen and oxygen atoms in total. The second-order valence-electron chi connectivity index (χ2n) is 6.62. The average Bonchev–Trinajstić information content (AvgIpc) is 3.23. The largest absolute Gasteiger partial charge is 0.573 e. The maximum atomic E-state index is 13.7. The van der Waals surface area contributed by atoms with Gasteiger partial charge in [0.05, 0.1) is 5.56 Å². The number of benzene rings is 3. The van der Waals surface area contributed by atoms with Crippen LogP contribution in [0.1, 0.15) is 5.56 Å². The molecule has 0 atom stereocenters. The number of nitrogens with zero attached hydrogens (tertiary/aromatic N) is 2. The Hall–Kier alpha value is -3.82. The van der Waals surface area contributed by atoms with Gasteiger partial charge < -0.3 is 9.26 Å². The van der Waals surface area contributed by atoms with Crippen molar-refractivity contribution in [3.63, 3.8) is 0 Å².